The molecule has 0 saturated carbocycles. The van der Waals surface area contributed by atoms with Crippen LogP contribution in [0.2, 0.25) is 0 Å². The van der Waals surface area contributed by atoms with Gasteiger partial charge < -0.3 is 20.4 Å². The lowest BCUT2D eigenvalue weighted by Crippen LogP contribution is -2.60. The van der Waals surface area contributed by atoms with Gasteiger partial charge in [0.15, 0.2) is 11.6 Å². The molecule has 0 radical (unpaired) electrons. The van der Waals surface area contributed by atoms with Crippen LogP contribution in [-0.2, 0) is 14.8 Å². The van der Waals surface area contributed by atoms with E-state index in [1.807, 2.05) is 19.0 Å². The van der Waals surface area contributed by atoms with E-state index in [1.165, 1.54) is 60.7 Å². The fourth-order valence-electron chi connectivity index (χ4n) is 6.14. The van der Waals surface area contributed by atoms with Crippen molar-refractivity contribution in [1.29, 1.82) is 0 Å². The minimum Gasteiger partial charge on any atom is -0.508 e. The van der Waals surface area contributed by atoms with Crippen molar-refractivity contribution in [2.75, 3.05) is 53.1 Å². The number of hydrogen-bond acceptors (Lipinski definition) is 9. The Morgan fingerprint density at radius 3 is 1.96 bits per heavy atom. The number of phenolic OH excluding ortho intramolecular Hbond substituents is 2. The van der Waals surface area contributed by atoms with Crippen LogP contribution < -0.4 is 10.0 Å². The number of carbonyl (C=O) groups is 3. The van der Waals surface area contributed by atoms with Crippen molar-refractivity contribution in [1.82, 2.24) is 19.8 Å². The average Bonchev–Trinajstić information content (AvgIpc) is 3.00. The lowest BCUT2D eigenvalue weighted by molar-refractivity contribution is -0.127. The standard InChI is InChI=1S/C34H41FN4O7S/c1-21-26(12-7-13-29(21)35)31-27(32(42)22-8-5-10-24(40)16-22)19-39(20-28(31)33(43)23-9-6-11-25(41)17-23)30(18-37-47(4,45)46)34(44)36-14-15-38(2)3/h5-13,16-17,27-28,30-31,37,40-41H,14-15,18-20H2,1-4H3,(H,36,44)/t27-,28-,30+/m0/s1. The monoisotopic (exact) mass is 668 g/mol. The van der Waals surface area contributed by atoms with Crippen LogP contribution in [0, 0.1) is 24.6 Å². The van der Waals surface area contributed by atoms with E-state index in [0.717, 1.165) is 6.26 Å². The van der Waals surface area contributed by atoms with E-state index < -0.39 is 57.1 Å². The summed E-state index contributed by atoms with van der Waals surface area (Å²) in [5, 5.41) is 23.2. The van der Waals surface area contributed by atoms with Gasteiger partial charge in [0.1, 0.15) is 23.4 Å². The van der Waals surface area contributed by atoms with E-state index in [2.05, 4.69) is 10.0 Å². The maximum Gasteiger partial charge on any atom is 0.238 e. The second kappa shape index (κ2) is 15.2. The van der Waals surface area contributed by atoms with E-state index in [1.54, 1.807) is 17.9 Å². The molecular weight excluding hydrogens is 627 g/mol. The highest BCUT2D eigenvalue weighted by molar-refractivity contribution is 7.88. The molecule has 1 fully saturated rings. The van der Waals surface area contributed by atoms with E-state index >= 15 is 4.39 Å². The molecule has 13 heteroatoms. The molecule has 1 aliphatic heterocycles. The first kappa shape index (κ1) is 35.7. The second-order valence-electron chi connectivity index (χ2n) is 12.2. The largest absolute Gasteiger partial charge is 0.508 e. The Morgan fingerprint density at radius 1 is 0.936 bits per heavy atom. The van der Waals surface area contributed by atoms with Crippen molar-refractivity contribution in [3.8, 4) is 11.5 Å². The molecule has 252 valence electrons. The maximum atomic E-state index is 15.1. The molecule has 1 heterocycles. The molecule has 11 nitrogen and oxygen atoms in total. The zero-order valence-electron chi connectivity index (χ0n) is 26.8. The van der Waals surface area contributed by atoms with Crippen molar-refractivity contribution in [3.05, 3.63) is 94.8 Å². The number of sulfonamides is 1. The third-order valence-corrected chi connectivity index (χ3v) is 9.16. The van der Waals surface area contributed by atoms with Crippen LogP contribution in [0.15, 0.2) is 66.7 Å². The van der Waals surface area contributed by atoms with Crippen molar-refractivity contribution >= 4 is 27.5 Å². The summed E-state index contributed by atoms with van der Waals surface area (Å²) >= 11 is 0. The van der Waals surface area contributed by atoms with Gasteiger partial charge in [0, 0.05) is 61.6 Å². The predicted molar refractivity (Wildman–Crippen MR) is 176 cm³/mol. The van der Waals surface area contributed by atoms with Gasteiger partial charge in [0.05, 0.1) is 6.26 Å². The van der Waals surface area contributed by atoms with Gasteiger partial charge in [-0.3, -0.25) is 19.3 Å². The molecule has 4 rings (SSSR count). The molecule has 1 aliphatic rings. The van der Waals surface area contributed by atoms with Gasteiger partial charge in [0.2, 0.25) is 15.9 Å². The van der Waals surface area contributed by atoms with Crippen molar-refractivity contribution in [3.63, 3.8) is 0 Å². The lowest BCUT2D eigenvalue weighted by atomic mass is 9.67. The Kier molecular flexibility index (Phi) is 11.5. The van der Waals surface area contributed by atoms with E-state index in [0.29, 0.717) is 12.1 Å². The topological polar surface area (TPSA) is 156 Å². The number of piperidine rings is 1. The lowest BCUT2D eigenvalue weighted by Gasteiger charge is -2.46. The minimum absolute atomic E-state index is 0.0872. The molecule has 3 aromatic rings. The van der Waals surface area contributed by atoms with Crippen molar-refractivity contribution < 1.29 is 37.4 Å². The number of benzene rings is 3. The average molecular weight is 669 g/mol. The number of amides is 1. The molecule has 47 heavy (non-hydrogen) atoms. The molecule has 0 bridgehead atoms. The van der Waals surface area contributed by atoms with Gasteiger partial charge in [-0.1, -0.05) is 36.4 Å². The first-order chi connectivity index (χ1) is 22.2. The second-order valence-corrected chi connectivity index (χ2v) is 14.0. The highest BCUT2D eigenvalue weighted by Gasteiger charge is 2.48. The number of halogens is 1. The summed E-state index contributed by atoms with van der Waals surface area (Å²) in [6.07, 6.45) is 0.968. The Morgan fingerprint density at radius 2 is 1.47 bits per heavy atom. The third-order valence-electron chi connectivity index (χ3n) is 8.47. The molecule has 0 unspecified atom stereocenters. The molecule has 1 amide bonds. The van der Waals surface area contributed by atoms with E-state index in [4.69, 9.17) is 0 Å². The van der Waals surface area contributed by atoms with Crippen LogP contribution >= 0.6 is 0 Å². The molecular formula is C34H41FN4O7S. The molecule has 3 aromatic carbocycles. The van der Waals surface area contributed by atoms with Gasteiger partial charge in [0.25, 0.3) is 0 Å². The van der Waals surface area contributed by atoms with Crippen LogP contribution in [0.5, 0.6) is 11.5 Å². The Balaban J connectivity index is 1.89. The number of Topliss-reactive ketones (excluding diaryl/α,β-unsaturated/α-hetero) is 2. The predicted octanol–water partition coefficient (Wildman–Crippen LogP) is 2.54. The maximum absolute atomic E-state index is 15.1. The summed E-state index contributed by atoms with van der Waals surface area (Å²) in [4.78, 5) is 45.9. The molecule has 1 saturated heterocycles. The number of nitrogens with zero attached hydrogens (tertiary/aromatic N) is 2. The number of aromatic hydroxyl groups is 2. The van der Waals surface area contributed by atoms with Gasteiger partial charge in [-0.25, -0.2) is 17.5 Å². The summed E-state index contributed by atoms with van der Waals surface area (Å²) in [5.41, 5.74) is 0.995. The Hall–Kier alpha value is -4.17. The van der Waals surface area contributed by atoms with Crippen molar-refractivity contribution in [2.45, 2.75) is 18.9 Å². The third kappa shape index (κ3) is 9.01. The van der Waals surface area contributed by atoms with Crippen molar-refractivity contribution in [2.24, 2.45) is 11.8 Å². The zero-order valence-corrected chi connectivity index (χ0v) is 27.6. The summed E-state index contributed by atoms with van der Waals surface area (Å²) in [6, 6.07) is 14.9. The fourth-order valence-corrected chi connectivity index (χ4v) is 6.60. The van der Waals surface area contributed by atoms with Gasteiger partial charge in [-0.05, 0) is 62.5 Å². The number of rotatable bonds is 13. The number of carbonyl (C=O) groups excluding carboxylic acids is 3. The summed E-state index contributed by atoms with van der Waals surface area (Å²) in [6.45, 7) is 1.83. The van der Waals surface area contributed by atoms with Gasteiger partial charge in [-0.2, -0.15) is 0 Å². The minimum atomic E-state index is -3.74. The highest BCUT2D eigenvalue weighted by Crippen LogP contribution is 2.43. The number of nitrogens with one attached hydrogen (secondary N) is 2. The summed E-state index contributed by atoms with van der Waals surface area (Å²) in [5.74, 6) is -5.17. The molecule has 0 aromatic heterocycles. The molecule has 0 spiro atoms. The molecule has 4 N–H and O–H groups in total. The number of likely N-dealkylation sites (N-methyl/N-ethyl adjacent to an activating group) is 1. The number of likely N-dealkylation sites (tertiary alicyclic amines) is 1. The van der Waals surface area contributed by atoms with Crippen LogP contribution in [-0.4, -0.2) is 105 Å². The first-order valence-electron chi connectivity index (χ1n) is 15.2. The van der Waals surface area contributed by atoms with Crippen LogP contribution in [0.25, 0.3) is 0 Å². The normalized spacial score (nSPS) is 18.2. The van der Waals surface area contributed by atoms with Crippen LogP contribution in [0.1, 0.15) is 37.8 Å². The quantitative estimate of drug-likeness (QED) is 0.201. The Bertz CT molecular complexity index is 1670. The number of hydrogen-bond donors (Lipinski definition) is 4. The SMILES string of the molecule is Cc1c(F)cccc1C1[C@@H](C(=O)c2cccc(O)c2)CN([C@H](CNS(C)(=O)=O)C(=O)NCCN(C)C)C[C@@H]1C(=O)c1cccc(O)c1. The zero-order chi connectivity index (χ0) is 34.5. The summed E-state index contributed by atoms with van der Waals surface area (Å²) < 4.78 is 41.8. The number of ketones is 2. The molecule has 3 atom stereocenters. The van der Waals surface area contributed by atoms with E-state index in [-0.39, 0.29) is 54.4 Å². The first-order valence-corrected chi connectivity index (χ1v) is 17.1. The fraction of sp³-hybridized carbons (Fsp3) is 0.382. The van der Waals surface area contributed by atoms with Gasteiger partial charge >= 0.3 is 0 Å². The van der Waals surface area contributed by atoms with E-state index in [9.17, 15) is 33.0 Å². The van der Waals surface area contributed by atoms with Crippen LogP contribution in [0.3, 0.4) is 0 Å². The summed E-state index contributed by atoms with van der Waals surface area (Å²) in [7, 11) is -0.0676. The molecule has 0 aliphatic carbocycles. The van der Waals surface area contributed by atoms with Crippen LogP contribution in [0.4, 0.5) is 4.39 Å². The van der Waals surface area contributed by atoms with Gasteiger partial charge in [-0.15, -0.1) is 0 Å². The number of phenols is 2. The smallest absolute Gasteiger partial charge is 0.238 e. The Labute approximate surface area is 274 Å². The highest BCUT2D eigenvalue weighted by atomic mass is 32.2.